The molecule has 4 heteroatoms. The van der Waals surface area contributed by atoms with Crippen molar-refractivity contribution in [2.45, 2.75) is 27.7 Å². The van der Waals surface area contributed by atoms with E-state index in [2.05, 4.69) is 48.9 Å². The van der Waals surface area contributed by atoms with E-state index in [1.54, 1.807) is 18.2 Å². The normalized spacial score (nSPS) is 11.7. The van der Waals surface area contributed by atoms with E-state index in [9.17, 15) is 4.79 Å². The van der Waals surface area contributed by atoms with Gasteiger partial charge in [0.15, 0.2) is 0 Å². The average Bonchev–Trinajstić information content (AvgIpc) is 2.29. The minimum Gasteiger partial charge on any atom is -0.398 e. The molecule has 1 amide bonds. The highest BCUT2D eigenvalue weighted by Gasteiger charge is 2.23. The number of nitrogens with one attached hydrogen (secondary N) is 1. The van der Waals surface area contributed by atoms with E-state index in [1.807, 2.05) is 0 Å². The van der Waals surface area contributed by atoms with Gasteiger partial charge in [0.05, 0.1) is 0 Å². The molecule has 3 nitrogen and oxygen atoms in total. The standard InChI is InChI=1S/C14H21BrN2O/c1-9(2)14(3,4)8-17-13(18)10-5-6-12(16)11(15)7-10/h5-7,9H,8,16H2,1-4H3,(H,17,18). The highest BCUT2D eigenvalue weighted by Crippen LogP contribution is 2.25. The third-order valence-electron chi connectivity index (χ3n) is 3.53. The lowest BCUT2D eigenvalue weighted by atomic mass is 9.81. The Bertz CT molecular complexity index is 441. The van der Waals surface area contributed by atoms with Gasteiger partial charge in [0.25, 0.3) is 5.91 Å². The summed E-state index contributed by atoms with van der Waals surface area (Å²) in [4.78, 5) is 12.0. The summed E-state index contributed by atoms with van der Waals surface area (Å²) in [5.74, 6) is 0.445. The monoisotopic (exact) mass is 312 g/mol. The van der Waals surface area contributed by atoms with E-state index in [0.29, 0.717) is 23.7 Å². The quantitative estimate of drug-likeness (QED) is 0.837. The van der Waals surface area contributed by atoms with Gasteiger partial charge in [-0.1, -0.05) is 27.7 Å². The van der Waals surface area contributed by atoms with Crippen molar-refractivity contribution in [2.75, 3.05) is 12.3 Å². The molecule has 0 aliphatic heterocycles. The van der Waals surface area contributed by atoms with Gasteiger partial charge >= 0.3 is 0 Å². The van der Waals surface area contributed by atoms with Gasteiger partial charge in [0.1, 0.15) is 0 Å². The molecule has 0 fully saturated rings. The second kappa shape index (κ2) is 5.74. The van der Waals surface area contributed by atoms with Crippen LogP contribution < -0.4 is 11.1 Å². The molecule has 1 aromatic carbocycles. The molecule has 0 spiro atoms. The van der Waals surface area contributed by atoms with Crippen molar-refractivity contribution >= 4 is 27.5 Å². The van der Waals surface area contributed by atoms with Crippen molar-refractivity contribution in [1.82, 2.24) is 5.32 Å². The topological polar surface area (TPSA) is 55.1 Å². The number of nitrogens with two attached hydrogens (primary N) is 1. The summed E-state index contributed by atoms with van der Waals surface area (Å²) in [6.07, 6.45) is 0. The van der Waals surface area contributed by atoms with E-state index in [-0.39, 0.29) is 11.3 Å². The van der Waals surface area contributed by atoms with Crippen LogP contribution in [-0.4, -0.2) is 12.5 Å². The van der Waals surface area contributed by atoms with E-state index in [1.165, 1.54) is 0 Å². The Kier molecular flexibility index (Phi) is 4.79. The number of anilines is 1. The molecule has 0 radical (unpaired) electrons. The third kappa shape index (κ3) is 3.73. The van der Waals surface area contributed by atoms with Gasteiger partial charge in [-0.2, -0.15) is 0 Å². The summed E-state index contributed by atoms with van der Waals surface area (Å²) < 4.78 is 0.748. The number of nitrogen functional groups attached to an aromatic ring is 1. The van der Waals surface area contributed by atoms with Gasteiger partial charge in [-0.05, 0) is 45.5 Å². The lowest BCUT2D eigenvalue weighted by molar-refractivity contribution is 0.0925. The minimum absolute atomic E-state index is 0.0653. The van der Waals surface area contributed by atoms with Gasteiger partial charge in [-0.3, -0.25) is 4.79 Å². The zero-order valence-electron chi connectivity index (χ0n) is 11.4. The Labute approximate surface area is 117 Å². The number of benzene rings is 1. The summed E-state index contributed by atoms with van der Waals surface area (Å²) in [7, 11) is 0. The fourth-order valence-electron chi connectivity index (χ4n) is 1.28. The van der Waals surface area contributed by atoms with Crippen LogP contribution in [0.4, 0.5) is 5.69 Å². The predicted molar refractivity (Wildman–Crippen MR) is 79.5 cm³/mol. The molecule has 0 atom stereocenters. The van der Waals surface area contributed by atoms with Crippen molar-refractivity contribution < 1.29 is 4.79 Å². The molecule has 1 aromatic rings. The summed E-state index contributed by atoms with van der Waals surface area (Å²) >= 11 is 3.32. The Morgan fingerprint density at radius 1 is 1.44 bits per heavy atom. The van der Waals surface area contributed by atoms with Crippen LogP contribution in [0.15, 0.2) is 22.7 Å². The highest BCUT2D eigenvalue weighted by atomic mass is 79.9. The number of rotatable bonds is 4. The Balaban J connectivity index is 2.69. The molecular formula is C14H21BrN2O. The number of hydrogen-bond donors (Lipinski definition) is 2. The first-order valence-electron chi connectivity index (χ1n) is 6.07. The van der Waals surface area contributed by atoms with Crippen LogP contribution in [0.1, 0.15) is 38.1 Å². The number of carbonyl (C=O) groups is 1. The summed E-state index contributed by atoms with van der Waals surface area (Å²) in [6.45, 7) is 9.27. The van der Waals surface area contributed by atoms with Crippen molar-refractivity contribution in [3.05, 3.63) is 28.2 Å². The number of carbonyl (C=O) groups excluding carboxylic acids is 1. The maximum Gasteiger partial charge on any atom is 0.251 e. The first-order valence-corrected chi connectivity index (χ1v) is 6.86. The predicted octanol–water partition coefficient (Wildman–Crippen LogP) is 3.44. The Morgan fingerprint density at radius 3 is 2.56 bits per heavy atom. The van der Waals surface area contributed by atoms with Crippen LogP contribution in [0.25, 0.3) is 0 Å². The fraction of sp³-hybridized carbons (Fsp3) is 0.500. The molecule has 1 rings (SSSR count). The molecule has 0 aromatic heterocycles. The molecule has 0 heterocycles. The number of amides is 1. The molecule has 0 unspecified atom stereocenters. The number of halogens is 1. The molecule has 0 saturated carbocycles. The van der Waals surface area contributed by atoms with E-state index in [0.717, 1.165) is 4.47 Å². The van der Waals surface area contributed by atoms with E-state index in [4.69, 9.17) is 5.73 Å². The molecule has 3 N–H and O–H groups in total. The molecule has 0 bridgehead atoms. The maximum absolute atomic E-state index is 12.0. The molecule has 0 saturated heterocycles. The smallest absolute Gasteiger partial charge is 0.251 e. The lowest BCUT2D eigenvalue weighted by Crippen LogP contribution is -2.36. The van der Waals surface area contributed by atoms with Crippen LogP contribution in [-0.2, 0) is 0 Å². The van der Waals surface area contributed by atoms with Crippen LogP contribution in [0.3, 0.4) is 0 Å². The highest BCUT2D eigenvalue weighted by molar-refractivity contribution is 9.10. The SMILES string of the molecule is CC(C)C(C)(C)CNC(=O)c1ccc(N)c(Br)c1. The van der Waals surface area contributed by atoms with Gasteiger partial charge < -0.3 is 11.1 Å². The second-order valence-corrected chi connectivity index (χ2v) is 6.42. The Morgan fingerprint density at radius 2 is 2.06 bits per heavy atom. The van der Waals surface area contributed by atoms with Gasteiger partial charge in [-0.15, -0.1) is 0 Å². The van der Waals surface area contributed by atoms with Crippen LogP contribution >= 0.6 is 15.9 Å². The summed E-state index contributed by atoms with van der Waals surface area (Å²) in [6, 6.07) is 5.21. The zero-order chi connectivity index (χ0) is 13.9. The van der Waals surface area contributed by atoms with Crippen LogP contribution in [0, 0.1) is 11.3 Å². The summed E-state index contributed by atoms with van der Waals surface area (Å²) in [5, 5.41) is 2.97. The minimum atomic E-state index is -0.0653. The van der Waals surface area contributed by atoms with Crippen molar-refractivity contribution in [3.8, 4) is 0 Å². The Hall–Kier alpha value is -1.03. The third-order valence-corrected chi connectivity index (χ3v) is 4.22. The van der Waals surface area contributed by atoms with Crippen molar-refractivity contribution in [3.63, 3.8) is 0 Å². The molecule has 0 aliphatic rings. The zero-order valence-corrected chi connectivity index (χ0v) is 13.0. The van der Waals surface area contributed by atoms with E-state index < -0.39 is 0 Å². The van der Waals surface area contributed by atoms with Crippen molar-refractivity contribution in [1.29, 1.82) is 0 Å². The first-order chi connectivity index (χ1) is 8.24. The average molecular weight is 313 g/mol. The van der Waals surface area contributed by atoms with E-state index >= 15 is 0 Å². The molecule has 0 aliphatic carbocycles. The van der Waals surface area contributed by atoms with Crippen molar-refractivity contribution in [2.24, 2.45) is 11.3 Å². The van der Waals surface area contributed by atoms with Crippen LogP contribution in [0.5, 0.6) is 0 Å². The van der Waals surface area contributed by atoms with Gasteiger partial charge in [-0.25, -0.2) is 0 Å². The largest absolute Gasteiger partial charge is 0.398 e. The molecule has 18 heavy (non-hydrogen) atoms. The lowest BCUT2D eigenvalue weighted by Gasteiger charge is -2.29. The van der Waals surface area contributed by atoms with Gasteiger partial charge in [0.2, 0.25) is 0 Å². The van der Waals surface area contributed by atoms with Gasteiger partial charge in [0, 0.05) is 22.3 Å². The molecule has 100 valence electrons. The van der Waals surface area contributed by atoms with Crippen LogP contribution in [0.2, 0.25) is 0 Å². The summed E-state index contributed by atoms with van der Waals surface area (Å²) in [5.41, 5.74) is 7.03. The first kappa shape index (κ1) is 15.0. The second-order valence-electron chi connectivity index (χ2n) is 5.56. The maximum atomic E-state index is 12.0. The number of hydrogen-bond acceptors (Lipinski definition) is 2. The molecular weight excluding hydrogens is 292 g/mol. The fourth-order valence-corrected chi connectivity index (χ4v) is 1.66.